The van der Waals surface area contributed by atoms with Crippen LogP contribution in [0.2, 0.25) is 0 Å². The maximum absolute atomic E-state index is 10.5. The Morgan fingerprint density at radius 3 is 2.35 bits per heavy atom. The lowest BCUT2D eigenvalue weighted by Crippen LogP contribution is -2.47. The van der Waals surface area contributed by atoms with E-state index in [0.29, 0.717) is 12.5 Å². The van der Waals surface area contributed by atoms with E-state index in [0.717, 1.165) is 41.0 Å². The van der Waals surface area contributed by atoms with Crippen LogP contribution in [-0.4, -0.2) is 43.4 Å². The number of aliphatic hydroxyl groups is 1. The van der Waals surface area contributed by atoms with Gasteiger partial charge in [0.05, 0.1) is 20.3 Å². The molecule has 0 bridgehead atoms. The molecule has 0 aromatic heterocycles. The summed E-state index contributed by atoms with van der Waals surface area (Å²) >= 11 is 3.61. The molecule has 0 unspecified atom stereocenters. The van der Waals surface area contributed by atoms with Crippen LogP contribution in [0.1, 0.15) is 32.8 Å². The second kappa shape index (κ2) is 7.41. The highest BCUT2D eigenvalue weighted by atomic mass is 79.9. The van der Waals surface area contributed by atoms with Crippen molar-refractivity contribution in [2.24, 2.45) is 11.3 Å². The number of rotatable bonds is 4. The number of hydrogen-bond donors (Lipinski definition) is 1. The summed E-state index contributed by atoms with van der Waals surface area (Å²) < 4.78 is 11.7. The molecule has 23 heavy (non-hydrogen) atoms. The molecule has 1 fully saturated rings. The van der Waals surface area contributed by atoms with Gasteiger partial charge < -0.3 is 14.6 Å². The molecule has 1 aromatic carbocycles. The van der Waals surface area contributed by atoms with Crippen molar-refractivity contribution in [3.05, 3.63) is 22.2 Å². The summed E-state index contributed by atoms with van der Waals surface area (Å²) in [7, 11) is 3.28. The fourth-order valence-electron chi connectivity index (χ4n) is 3.41. The van der Waals surface area contributed by atoms with Gasteiger partial charge >= 0.3 is 0 Å². The zero-order valence-electron chi connectivity index (χ0n) is 14.7. The number of hydrogen-bond acceptors (Lipinski definition) is 4. The molecule has 4 nitrogen and oxygen atoms in total. The highest BCUT2D eigenvalue weighted by molar-refractivity contribution is 9.10. The number of β-amino-alcohol motifs (C(OH)–C–C–N with tert-alkyl or cyclic N) is 1. The Balaban J connectivity index is 2.09. The van der Waals surface area contributed by atoms with Crippen molar-refractivity contribution in [3.8, 4) is 11.5 Å². The first kappa shape index (κ1) is 18.6. The normalized spacial score (nSPS) is 22.9. The number of halogens is 1. The molecular weight excluding hydrogens is 358 g/mol. The van der Waals surface area contributed by atoms with E-state index in [4.69, 9.17) is 9.47 Å². The zero-order valence-corrected chi connectivity index (χ0v) is 16.3. The molecule has 1 aromatic rings. The van der Waals surface area contributed by atoms with Crippen LogP contribution >= 0.6 is 15.9 Å². The van der Waals surface area contributed by atoms with Crippen molar-refractivity contribution in [1.29, 1.82) is 0 Å². The SMILES string of the molecule is COc1cc(Br)c(CN2CC[C@H](C(C)(C)C)[C@@H](O)C2)cc1OC. The van der Waals surface area contributed by atoms with Gasteiger partial charge in [-0.3, -0.25) is 4.90 Å². The minimum Gasteiger partial charge on any atom is -0.493 e. The maximum atomic E-state index is 10.5. The van der Waals surface area contributed by atoms with Gasteiger partial charge in [-0.15, -0.1) is 0 Å². The van der Waals surface area contributed by atoms with Crippen molar-refractivity contribution < 1.29 is 14.6 Å². The highest BCUT2D eigenvalue weighted by Gasteiger charge is 2.35. The Kier molecular flexibility index (Phi) is 5.98. The van der Waals surface area contributed by atoms with Crippen LogP contribution in [0.25, 0.3) is 0 Å². The number of methoxy groups -OCH3 is 2. The fraction of sp³-hybridized carbons (Fsp3) is 0.667. The number of piperidine rings is 1. The van der Waals surface area contributed by atoms with E-state index >= 15 is 0 Å². The van der Waals surface area contributed by atoms with Gasteiger partial charge in [0.15, 0.2) is 11.5 Å². The van der Waals surface area contributed by atoms with Crippen LogP contribution < -0.4 is 9.47 Å². The van der Waals surface area contributed by atoms with Crippen molar-refractivity contribution in [2.45, 2.75) is 39.8 Å². The second-order valence-electron chi connectivity index (χ2n) is 7.36. The molecule has 0 amide bonds. The average Bonchev–Trinajstić information content (AvgIpc) is 2.47. The van der Waals surface area contributed by atoms with E-state index < -0.39 is 0 Å². The molecule has 0 spiro atoms. The molecule has 1 heterocycles. The van der Waals surface area contributed by atoms with Crippen LogP contribution in [0.5, 0.6) is 11.5 Å². The highest BCUT2D eigenvalue weighted by Crippen LogP contribution is 2.37. The first-order valence-corrected chi connectivity index (χ1v) is 8.86. The first-order chi connectivity index (χ1) is 10.8. The Bertz CT molecular complexity index is 542. The average molecular weight is 386 g/mol. The summed E-state index contributed by atoms with van der Waals surface area (Å²) in [5.41, 5.74) is 1.29. The Morgan fingerprint density at radius 1 is 1.22 bits per heavy atom. The molecule has 5 heteroatoms. The largest absolute Gasteiger partial charge is 0.493 e. The molecule has 2 rings (SSSR count). The molecule has 0 saturated carbocycles. The third-order valence-corrected chi connectivity index (χ3v) is 5.46. The van der Waals surface area contributed by atoms with Crippen molar-refractivity contribution >= 4 is 15.9 Å². The number of benzene rings is 1. The molecule has 1 aliphatic rings. The van der Waals surface area contributed by atoms with E-state index in [2.05, 4.69) is 41.6 Å². The predicted octanol–water partition coefficient (Wildman–Crippen LogP) is 3.70. The molecular formula is C18H28BrNO3. The van der Waals surface area contributed by atoms with E-state index in [1.54, 1.807) is 14.2 Å². The zero-order chi connectivity index (χ0) is 17.2. The minimum atomic E-state index is -0.275. The lowest BCUT2D eigenvalue weighted by Gasteiger charge is -2.42. The number of aliphatic hydroxyl groups excluding tert-OH is 1. The summed E-state index contributed by atoms with van der Waals surface area (Å²) in [5, 5.41) is 10.5. The Morgan fingerprint density at radius 2 is 1.83 bits per heavy atom. The second-order valence-corrected chi connectivity index (χ2v) is 8.22. The van der Waals surface area contributed by atoms with Crippen LogP contribution in [0.15, 0.2) is 16.6 Å². The molecule has 2 atom stereocenters. The van der Waals surface area contributed by atoms with Gasteiger partial charge in [-0.25, -0.2) is 0 Å². The van der Waals surface area contributed by atoms with Crippen LogP contribution in [0, 0.1) is 11.3 Å². The van der Waals surface area contributed by atoms with E-state index in [1.807, 2.05) is 12.1 Å². The quantitative estimate of drug-likeness (QED) is 0.857. The predicted molar refractivity (Wildman–Crippen MR) is 96.1 cm³/mol. The van der Waals surface area contributed by atoms with Crippen molar-refractivity contribution in [1.82, 2.24) is 4.90 Å². The first-order valence-electron chi connectivity index (χ1n) is 8.07. The topological polar surface area (TPSA) is 41.9 Å². The third kappa shape index (κ3) is 4.40. The molecule has 130 valence electrons. The van der Waals surface area contributed by atoms with Crippen molar-refractivity contribution in [3.63, 3.8) is 0 Å². The Hall–Kier alpha value is -0.780. The van der Waals surface area contributed by atoms with E-state index in [1.165, 1.54) is 0 Å². The van der Waals surface area contributed by atoms with Gasteiger partial charge in [0, 0.05) is 17.6 Å². The third-order valence-electron chi connectivity index (χ3n) is 4.72. The van der Waals surface area contributed by atoms with Gasteiger partial charge in [0.2, 0.25) is 0 Å². The maximum Gasteiger partial charge on any atom is 0.161 e. The Labute approximate surface area is 147 Å². The fourth-order valence-corrected chi connectivity index (χ4v) is 3.86. The lowest BCUT2D eigenvalue weighted by atomic mass is 9.73. The summed E-state index contributed by atoms with van der Waals surface area (Å²) in [5.74, 6) is 1.80. The molecule has 0 aliphatic carbocycles. The molecule has 1 aliphatic heterocycles. The molecule has 0 radical (unpaired) electrons. The van der Waals surface area contributed by atoms with Gasteiger partial charge in [0.25, 0.3) is 0 Å². The van der Waals surface area contributed by atoms with E-state index in [9.17, 15) is 5.11 Å². The summed E-state index contributed by atoms with van der Waals surface area (Å²) in [6.45, 7) is 9.13. The number of ether oxygens (including phenoxy) is 2. The van der Waals surface area contributed by atoms with Gasteiger partial charge in [-0.2, -0.15) is 0 Å². The van der Waals surface area contributed by atoms with Gasteiger partial charge in [0.1, 0.15) is 0 Å². The van der Waals surface area contributed by atoms with Crippen LogP contribution in [0.4, 0.5) is 0 Å². The smallest absolute Gasteiger partial charge is 0.161 e. The minimum absolute atomic E-state index is 0.148. The molecule has 1 saturated heterocycles. The number of likely N-dealkylation sites (tertiary alicyclic amines) is 1. The van der Waals surface area contributed by atoms with Gasteiger partial charge in [-0.1, -0.05) is 36.7 Å². The monoisotopic (exact) mass is 385 g/mol. The van der Waals surface area contributed by atoms with Gasteiger partial charge in [-0.05, 0) is 42.0 Å². The summed E-state index contributed by atoms with van der Waals surface area (Å²) in [6, 6.07) is 3.94. The standard InChI is InChI=1S/C18H28BrNO3/c1-18(2,3)13-6-7-20(11-15(13)21)10-12-8-16(22-4)17(23-5)9-14(12)19/h8-9,13,15,21H,6-7,10-11H2,1-5H3/t13-,15-/m0/s1. The summed E-state index contributed by atoms with van der Waals surface area (Å²) in [6.07, 6.45) is 0.748. The summed E-state index contributed by atoms with van der Waals surface area (Å²) in [4.78, 5) is 2.30. The van der Waals surface area contributed by atoms with Crippen LogP contribution in [-0.2, 0) is 6.54 Å². The van der Waals surface area contributed by atoms with E-state index in [-0.39, 0.29) is 11.5 Å². The lowest BCUT2D eigenvalue weighted by molar-refractivity contribution is -0.0265. The van der Waals surface area contributed by atoms with Crippen molar-refractivity contribution in [2.75, 3.05) is 27.3 Å². The van der Waals surface area contributed by atoms with Crippen LogP contribution in [0.3, 0.4) is 0 Å². The number of nitrogens with zero attached hydrogens (tertiary/aromatic N) is 1. The molecule has 1 N–H and O–H groups in total.